The minimum atomic E-state index is 0.0931. The molecule has 138 valence electrons. The lowest BCUT2D eigenvalue weighted by Crippen LogP contribution is -2.48. The Morgan fingerprint density at radius 3 is 2.96 bits per heavy atom. The van der Waals surface area contributed by atoms with Crippen LogP contribution in [0.5, 0.6) is 0 Å². The highest BCUT2D eigenvalue weighted by Crippen LogP contribution is 2.25. The van der Waals surface area contributed by atoms with Crippen LogP contribution in [0, 0.1) is 5.92 Å². The number of nitrogens with one attached hydrogen (secondary N) is 1. The van der Waals surface area contributed by atoms with Crippen molar-refractivity contribution in [3.63, 3.8) is 0 Å². The molecule has 2 aliphatic rings. The molecule has 2 aromatic rings. The van der Waals surface area contributed by atoms with Crippen LogP contribution in [0.1, 0.15) is 18.4 Å². The molecule has 0 saturated carbocycles. The average Bonchev–Trinajstić information content (AvgIpc) is 3.17. The number of amides is 1. The summed E-state index contributed by atoms with van der Waals surface area (Å²) >= 11 is 0. The summed E-state index contributed by atoms with van der Waals surface area (Å²) in [6.07, 6.45) is 7.54. The molecule has 1 N–H and O–H groups in total. The van der Waals surface area contributed by atoms with E-state index in [0.717, 1.165) is 62.4 Å². The zero-order valence-electron chi connectivity index (χ0n) is 14.9. The lowest BCUT2D eigenvalue weighted by molar-refractivity contribution is -0.141. The molecule has 7 heteroatoms. The summed E-state index contributed by atoms with van der Waals surface area (Å²) in [4.78, 5) is 21.3. The molecule has 0 bridgehead atoms. The number of hydrogen-bond acceptors (Lipinski definition) is 5. The van der Waals surface area contributed by atoms with Gasteiger partial charge in [-0.15, -0.1) is 0 Å². The van der Waals surface area contributed by atoms with Gasteiger partial charge >= 0.3 is 0 Å². The average molecular weight is 355 g/mol. The topological polar surface area (TPSA) is 74.4 Å². The van der Waals surface area contributed by atoms with E-state index in [4.69, 9.17) is 4.74 Å². The van der Waals surface area contributed by atoms with E-state index in [-0.39, 0.29) is 11.8 Å². The van der Waals surface area contributed by atoms with Crippen LogP contribution in [0.2, 0.25) is 0 Å². The fraction of sp³-hybridized carbons (Fsp3) is 0.526. The number of ether oxygens (including phenoxy) is 1. The summed E-state index contributed by atoms with van der Waals surface area (Å²) in [5.74, 6) is 0.383. The van der Waals surface area contributed by atoms with Crippen LogP contribution in [0.4, 0.5) is 0 Å². The van der Waals surface area contributed by atoms with Gasteiger partial charge in [-0.2, -0.15) is 5.10 Å². The monoisotopic (exact) mass is 355 g/mol. The minimum Gasteiger partial charge on any atom is -0.378 e. The number of hydrogen-bond donors (Lipinski definition) is 1. The van der Waals surface area contributed by atoms with E-state index in [1.165, 1.54) is 0 Å². The van der Waals surface area contributed by atoms with Crippen molar-refractivity contribution >= 4 is 5.91 Å². The first kappa shape index (κ1) is 17.2. The van der Waals surface area contributed by atoms with E-state index < -0.39 is 0 Å². The fourth-order valence-electron chi connectivity index (χ4n) is 3.88. The summed E-state index contributed by atoms with van der Waals surface area (Å²) in [5.41, 5.74) is 3.20. The van der Waals surface area contributed by atoms with Crippen LogP contribution in [0.3, 0.4) is 0 Å². The van der Waals surface area contributed by atoms with Gasteiger partial charge in [0.15, 0.2) is 0 Å². The Bertz CT molecular complexity index is 727. The van der Waals surface area contributed by atoms with E-state index in [0.29, 0.717) is 13.2 Å². The molecule has 1 atom stereocenters. The highest BCUT2D eigenvalue weighted by Gasteiger charge is 2.30. The van der Waals surface area contributed by atoms with Crippen LogP contribution < -0.4 is 0 Å². The molecule has 4 heterocycles. The number of aromatic amines is 1. The van der Waals surface area contributed by atoms with Crippen molar-refractivity contribution in [2.45, 2.75) is 19.4 Å². The number of rotatable bonds is 4. The first-order chi connectivity index (χ1) is 12.8. The number of nitrogens with zero attached hydrogens (tertiary/aromatic N) is 4. The summed E-state index contributed by atoms with van der Waals surface area (Å²) in [6, 6.07) is 3.96. The number of carbonyl (C=O) groups is 1. The van der Waals surface area contributed by atoms with Gasteiger partial charge in [0, 0.05) is 49.7 Å². The first-order valence-electron chi connectivity index (χ1n) is 9.33. The molecule has 4 rings (SSSR count). The van der Waals surface area contributed by atoms with Crippen molar-refractivity contribution in [3.05, 3.63) is 36.3 Å². The second kappa shape index (κ2) is 7.97. The fourth-order valence-corrected chi connectivity index (χ4v) is 3.88. The standard InChI is InChI=1S/C19H25N5O2/c25-19(24-7-9-26-10-8-24)16-4-2-6-23(13-16)14-17-12-21-22-18(17)15-3-1-5-20-11-15/h1,3,5,11-12,16H,2,4,6-10,13-14H2,(H,21,22). The van der Waals surface area contributed by atoms with Crippen molar-refractivity contribution in [2.75, 3.05) is 39.4 Å². The number of likely N-dealkylation sites (tertiary alicyclic amines) is 1. The van der Waals surface area contributed by atoms with Gasteiger partial charge in [0.2, 0.25) is 5.91 Å². The molecular weight excluding hydrogens is 330 g/mol. The third-order valence-electron chi connectivity index (χ3n) is 5.24. The number of H-pyrrole nitrogens is 1. The van der Waals surface area contributed by atoms with Gasteiger partial charge in [0.25, 0.3) is 0 Å². The Morgan fingerprint density at radius 1 is 1.27 bits per heavy atom. The molecule has 0 radical (unpaired) electrons. The van der Waals surface area contributed by atoms with Crippen LogP contribution in [-0.4, -0.2) is 70.3 Å². The van der Waals surface area contributed by atoms with Crippen LogP contribution >= 0.6 is 0 Å². The summed E-state index contributed by atoms with van der Waals surface area (Å²) < 4.78 is 5.36. The van der Waals surface area contributed by atoms with Gasteiger partial charge in [-0.1, -0.05) is 0 Å². The van der Waals surface area contributed by atoms with Gasteiger partial charge < -0.3 is 9.64 Å². The molecular formula is C19H25N5O2. The van der Waals surface area contributed by atoms with Crippen LogP contribution in [0.25, 0.3) is 11.3 Å². The maximum Gasteiger partial charge on any atom is 0.227 e. The molecule has 2 aromatic heterocycles. The number of aromatic nitrogens is 3. The van der Waals surface area contributed by atoms with E-state index in [2.05, 4.69) is 20.1 Å². The smallest absolute Gasteiger partial charge is 0.227 e. The zero-order chi connectivity index (χ0) is 17.8. The Kier molecular flexibility index (Phi) is 5.26. The van der Waals surface area contributed by atoms with E-state index >= 15 is 0 Å². The van der Waals surface area contributed by atoms with Gasteiger partial charge in [-0.05, 0) is 31.5 Å². The van der Waals surface area contributed by atoms with Crippen molar-refractivity contribution in [1.29, 1.82) is 0 Å². The Hall–Kier alpha value is -2.25. The third-order valence-corrected chi connectivity index (χ3v) is 5.24. The quantitative estimate of drug-likeness (QED) is 0.901. The van der Waals surface area contributed by atoms with Gasteiger partial charge in [0.05, 0.1) is 31.0 Å². The van der Waals surface area contributed by atoms with Crippen molar-refractivity contribution in [1.82, 2.24) is 25.0 Å². The largest absolute Gasteiger partial charge is 0.378 e. The number of piperidine rings is 1. The van der Waals surface area contributed by atoms with Crippen LogP contribution in [0.15, 0.2) is 30.7 Å². The maximum atomic E-state index is 12.8. The molecule has 2 fully saturated rings. The lowest BCUT2D eigenvalue weighted by Gasteiger charge is -2.36. The molecule has 1 amide bonds. The van der Waals surface area contributed by atoms with E-state index in [1.807, 2.05) is 29.4 Å². The normalized spacial score (nSPS) is 21.7. The van der Waals surface area contributed by atoms with Crippen molar-refractivity contribution in [2.24, 2.45) is 5.92 Å². The molecule has 0 aromatic carbocycles. The predicted molar refractivity (Wildman–Crippen MR) is 97.2 cm³/mol. The maximum absolute atomic E-state index is 12.8. The summed E-state index contributed by atoms with van der Waals surface area (Å²) in [6.45, 7) is 5.40. The summed E-state index contributed by atoms with van der Waals surface area (Å²) in [7, 11) is 0. The molecule has 26 heavy (non-hydrogen) atoms. The third kappa shape index (κ3) is 3.78. The molecule has 2 saturated heterocycles. The molecule has 0 aliphatic carbocycles. The van der Waals surface area contributed by atoms with Crippen molar-refractivity contribution < 1.29 is 9.53 Å². The minimum absolute atomic E-state index is 0.0931. The van der Waals surface area contributed by atoms with Gasteiger partial charge in [-0.25, -0.2) is 0 Å². The molecule has 1 unspecified atom stereocenters. The van der Waals surface area contributed by atoms with Crippen LogP contribution in [-0.2, 0) is 16.1 Å². The van der Waals surface area contributed by atoms with Crippen molar-refractivity contribution in [3.8, 4) is 11.3 Å². The highest BCUT2D eigenvalue weighted by atomic mass is 16.5. The second-order valence-electron chi connectivity index (χ2n) is 7.02. The van der Waals surface area contributed by atoms with E-state index in [9.17, 15) is 4.79 Å². The lowest BCUT2D eigenvalue weighted by atomic mass is 9.95. The first-order valence-corrected chi connectivity index (χ1v) is 9.33. The summed E-state index contributed by atoms with van der Waals surface area (Å²) in [5, 5.41) is 7.31. The highest BCUT2D eigenvalue weighted by molar-refractivity contribution is 5.79. The Morgan fingerprint density at radius 2 is 2.15 bits per heavy atom. The molecule has 0 spiro atoms. The second-order valence-corrected chi connectivity index (χ2v) is 7.02. The Balaban J connectivity index is 1.41. The van der Waals surface area contributed by atoms with Gasteiger partial charge in [0.1, 0.15) is 0 Å². The number of morpholine rings is 1. The molecule has 2 aliphatic heterocycles. The van der Waals surface area contributed by atoms with E-state index in [1.54, 1.807) is 6.20 Å². The Labute approximate surface area is 153 Å². The van der Waals surface area contributed by atoms with Gasteiger partial charge in [-0.3, -0.25) is 19.8 Å². The zero-order valence-corrected chi connectivity index (χ0v) is 14.9. The predicted octanol–water partition coefficient (Wildman–Crippen LogP) is 1.54. The number of carbonyl (C=O) groups excluding carboxylic acids is 1. The SMILES string of the molecule is O=C(C1CCCN(Cc2cn[nH]c2-c2cccnc2)C1)N1CCOCC1. The molecule has 7 nitrogen and oxygen atoms in total. The number of pyridine rings is 1.